The van der Waals surface area contributed by atoms with E-state index in [4.69, 9.17) is 4.74 Å². The van der Waals surface area contributed by atoms with Gasteiger partial charge in [-0.25, -0.2) is 0 Å². The summed E-state index contributed by atoms with van der Waals surface area (Å²) >= 11 is 0. The third kappa shape index (κ3) is 2.49. The van der Waals surface area contributed by atoms with Gasteiger partial charge in [0.15, 0.2) is 0 Å². The lowest BCUT2D eigenvalue weighted by Gasteiger charge is -2.25. The number of fused-ring (bicyclic) bond motifs is 4. The van der Waals surface area contributed by atoms with Crippen molar-refractivity contribution in [2.45, 2.75) is 46.1 Å². The summed E-state index contributed by atoms with van der Waals surface area (Å²) < 4.78 is 6.10. The quantitative estimate of drug-likeness (QED) is 0.515. The van der Waals surface area contributed by atoms with Gasteiger partial charge in [-0.3, -0.25) is 0 Å². The van der Waals surface area contributed by atoms with Crippen molar-refractivity contribution in [2.75, 3.05) is 0 Å². The number of benzene rings is 3. The third-order valence-electron chi connectivity index (χ3n) is 5.06. The van der Waals surface area contributed by atoms with Gasteiger partial charge in [0, 0.05) is 5.56 Å². The van der Waals surface area contributed by atoms with Crippen LogP contribution in [0, 0.1) is 0 Å². The van der Waals surface area contributed by atoms with Crippen LogP contribution in [0.15, 0.2) is 48.5 Å². The van der Waals surface area contributed by atoms with Crippen LogP contribution in [-0.2, 0) is 18.4 Å². The average molecular weight is 316 g/mol. The lowest BCUT2D eigenvalue weighted by molar-refractivity contribution is 0.302. The Morgan fingerprint density at radius 2 is 1.71 bits per heavy atom. The van der Waals surface area contributed by atoms with Gasteiger partial charge in [-0.2, -0.15) is 0 Å². The molecule has 4 rings (SSSR count). The maximum Gasteiger partial charge on any atom is 0.128 e. The Labute approximate surface area is 144 Å². The van der Waals surface area contributed by atoms with Crippen LogP contribution < -0.4 is 4.74 Å². The molecule has 0 N–H and O–H groups in total. The fourth-order valence-electron chi connectivity index (χ4n) is 3.47. The van der Waals surface area contributed by atoms with E-state index >= 15 is 0 Å². The molecule has 0 fully saturated rings. The van der Waals surface area contributed by atoms with Gasteiger partial charge in [0.1, 0.15) is 12.4 Å². The van der Waals surface area contributed by atoms with Crippen LogP contribution in [-0.4, -0.2) is 0 Å². The van der Waals surface area contributed by atoms with Gasteiger partial charge in [-0.1, -0.05) is 64.1 Å². The fraction of sp³-hybridized carbons (Fsp3) is 0.304. The first-order valence-corrected chi connectivity index (χ1v) is 8.79. The van der Waals surface area contributed by atoms with Crippen LogP contribution in [0.5, 0.6) is 5.75 Å². The Kier molecular flexibility index (Phi) is 3.42. The van der Waals surface area contributed by atoms with E-state index in [1.807, 2.05) is 0 Å². The maximum absolute atomic E-state index is 6.10. The van der Waals surface area contributed by atoms with E-state index in [1.54, 1.807) is 0 Å². The number of aryl methyl sites for hydroxylation is 1. The minimum absolute atomic E-state index is 0.162. The Morgan fingerprint density at radius 3 is 2.46 bits per heavy atom. The molecule has 1 aliphatic rings. The normalized spacial score (nSPS) is 13.3. The van der Waals surface area contributed by atoms with Crippen LogP contribution in [0.25, 0.3) is 21.9 Å². The molecule has 0 spiro atoms. The summed E-state index contributed by atoms with van der Waals surface area (Å²) in [6.45, 7) is 9.62. The molecule has 3 aromatic rings. The molecule has 0 amide bonds. The number of hydrogen-bond acceptors (Lipinski definition) is 1. The molecule has 1 heteroatoms. The first-order valence-electron chi connectivity index (χ1n) is 8.79. The van der Waals surface area contributed by atoms with Crippen molar-refractivity contribution < 1.29 is 4.74 Å². The van der Waals surface area contributed by atoms with Crippen molar-refractivity contribution in [3.05, 3.63) is 65.2 Å². The summed E-state index contributed by atoms with van der Waals surface area (Å²) in [5, 5.41) is 2.55. The third-order valence-corrected chi connectivity index (χ3v) is 5.06. The van der Waals surface area contributed by atoms with Gasteiger partial charge < -0.3 is 4.74 Å². The van der Waals surface area contributed by atoms with Crippen molar-refractivity contribution in [2.24, 2.45) is 0 Å². The molecule has 0 atom stereocenters. The first-order chi connectivity index (χ1) is 11.5. The molecule has 1 heterocycles. The van der Waals surface area contributed by atoms with E-state index in [-0.39, 0.29) is 5.41 Å². The first kappa shape index (κ1) is 15.3. The van der Waals surface area contributed by atoms with Crippen LogP contribution in [0.2, 0.25) is 0 Å². The van der Waals surface area contributed by atoms with Gasteiger partial charge in [-0.15, -0.1) is 0 Å². The molecule has 24 heavy (non-hydrogen) atoms. The topological polar surface area (TPSA) is 9.23 Å². The summed E-state index contributed by atoms with van der Waals surface area (Å²) in [5.74, 6) is 1.01. The molecular weight excluding hydrogens is 292 g/mol. The van der Waals surface area contributed by atoms with Crippen molar-refractivity contribution in [1.82, 2.24) is 0 Å². The van der Waals surface area contributed by atoms with Gasteiger partial charge in [0.05, 0.1) is 0 Å². The lowest BCUT2D eigenvalue weighted by Crippen LogP contribution is -2.13. The second-order valence-corrected chi connectivity index (χ2v) is 7.79. The van der Waals surface area contributed by atoms with E-state index < -0.39 is 0 Å². The fourth-order valence-corrected chi connectivity index (χ4v) is 3.47. The molecule has 1 aliphatic heterocycles. The zero-order valence-corrected chi connectivity index (χ0v) is 14.9. The highest BCUT2D eigenvalue weighted by atomic mass is 16.5. The summed E-state index contributed by atoms with van der Waals surface area (Å²) in [5.41, 5.74) is 6.71. The maximum atomic E-state index is 6.10. The van der Waals surface area contributed by atoms with E-state index in [1.165, 1.54) is 38.6 Å². The van der Waals surface area contributed by atoms with E-state index in [0.717, 1.165) is 12.2 Å². The second kappa shape index (κ2) is 5.37. The predicted molar refractivity (Wildman–Crippen MR) is 102 cm³/mol. The second-order valence-electron chi connectivity index (χ2n) is 7.79. The number of rotatable bonds is 1. The summed E-state index contributed by atoms with van der Waals surface area (Å²) in [6, 6.07) is 18.0. The zero-order valence-electron chi connectivity index (χ0n) is 14.9. The van der Waals surface area contributed by atoms with Crippen LogP contribution in [0.3, 0.4) is 0 Å². The van der Waals surface area contributed by atoms with Crippen LogP contribution >= 0.6 is 0 Å². The smallest absolute Gasteiger partial charge is 0.128 e. The molecule has 0 saturated heterocycles. The minimum atomic E-state index is 0.162. The molecule has 3 aromatic carbocycles. The standard InChI is InChI=1S/C23H24O/c1-5-15-6-7-16-12-21-20-9-8-19(23(2,3)4)11-18(20)14-24-22(21)13-17(16)10-15/h6-13H,5,14H2,1-4H3. The molecule has 0 aliphatic carbocycles. The minimum Gasteiger partial charge on any atom is -0.488 e. The van der Waals surface area contributed by atoms with Crippen molar-refractivity contribution in [1.29, 1.82) is 0 Å². The molecule has 0 radical (unpaired) electrons. The summed E-state index contributed by atoms with van der Waals surface area (Å²) in [4.78, 5) is 0. The molecule has 122 valence electrons. The number of ether oxygens (including phenoxy) is 1. The number of hydrogen-bond donors (Lipinski definition) is 0. The average Bonchev–Trinajstić information content (AvgIpc) is 2.58. The summed E-state index contributed by atoms with van der Waals surface area (Å²) in [7, 11) is 0. The highest BCUT2D eigenvalue weighted by Gasteiger charge is 2.21. The van der Waals surface area contributed by atoms with Crippen LogP contribution in [0.1, 0.15) is 44.4 Å². The zero-order chi connectivity index (χ0) is 16.9. The molecule has 0 saturated carbocycles. The monoisotopic (exact) mass is 316 g/mol. The highest BCUT2D eigenvalue weighted by molar-refractivity contribution is 5.92. The SMILES string of the molecule is CCc1ccc2cc3c(cc2c1)OCc1cc(C(C)(C)C)ccc1-3. The highest BCUT2D eigenvalue weighted by Crippen LogP contribution is 2.41. The Balaban J connectivity index is 1.87. The van der Waals surface area contributed by atoms with E-state index in [0.29, 0.717) is 6.61 Å². The van der Waals surface area contributed by atoms with Crippen LogP contribution in [0.4, 0.5) is 0 Å². The largest absolute Gasteiger partial charge is 0.488 e. The molecule has 0 bridgehead atoms. The van der Waals surface area contributed by atoms with E-state index in [2.05, 4.69) is 76.2 Å². The van der Waals surface area contributed by atoms with Crippen molar-refractivity contribution in [3.8, 4) is 16.9 Å². The van der Waals surface area contributed by atoms with E-state index in [9.17, 15) is 0 Å². The predicted octanol–water partition coefficient (Wildman–Crippen LogP) is 6.26. The van der Waals surface area contributed by atoms with Gasteiger partial charge in [0.25, 0.3) is 0 Å². The van der Waals surface area contributed by atoms with Crippen molar-refractivity contribution in [3.63, 3.8) is 0 Å². The van der Waals surface area contributed by atoms with Gasteiger partial charge >= 0.3 is 0 Å². The Hall–Kier alpha value is -2.28. The van der Waals surface area contributed by atoms with Crippen molar-refractivity contribution >= 4 is 10.8 Å². The molecule has 1 nitrogen and oxygen atoms in total. The lowest BCUT2D eigenvalue weighted by atomic mass is 9.83. The molecule has 0 aromatic heterocycles. The Morgan fingerprint density at radius 1 is 0.875 bits per heavy atom. The van der Waals surface area contributed by atoms with Gasteiger partial charge in [0.2, 0.25) is 0 Å². The molecular formula is C23H24O. The molecule has 0 unspecified atom stereocenters. The van der Waals surface area contributed by atoms with Gasteiger partial charge in [-0.05, 0) is 57.0 Å². The summed E-state index contributed by atoms with van der Waals surface area (Å²) in [6.07, 6.45) is 1.06. The Bertz CT molecular complexity index is 929.